The van der Waals surface area contributed by atoms with Crippen LogP contribution in [0.5, 0.6) is 0 Å². The van der Waals surface area contributed by atoms with Crippen molar-refractivity contribution in [2.75, 3.05) is 5.43 Å². The van der Waals surface area contributed by atoms with Crippen molar-refractivity contribution < 1.29 is 9.94 Å². The van der Waals surface area contributed by atoms with Gasteiger partial charge in [0.2, 0.25) is 0 Å². The average Bonchev–Trinajstić information content (AvgIpc) is 2.82. The van der Waals surface area contributed by atoms with Gasteiger partial charge in [0.05, 0.1) is 18.0 Å². The summed E-state index contributed by atoms with van der Waals surface area (Å²) in [5.41, 5.74) is 7.60. The number of hydrogen-bond donors (Lipinski definition) is 3. The number of rotatable bonds is 4. The van der Waals surface area contributed by atoms with Crippen molar-refractivity contribution in [2.24, 2.45) is 0 Å². The molecule has 1 aliphatic rings. The van der Waals surface area contributed by atoms with Crippen LogP contribution in [-0.2, 0) is 4.84 Å². The van der Waals surface area contributed by atoms with Crippen LogP contribution in [0.4, 0.5) is 5.69 Å². The van der Waals surface area contributed by atoms with E-state index in [9.17, 15) is 5.11 Å². The van der Waals surface area contributed by atoms with E-state index in [4.69, 9.17) is 4.84 Å². The van der Waals surface area contributed by atoms with E-state index in [1.165, 1.54) is 11.5 Å². The molecule has 1 aliphatic heterocycles. The summed E-state index contributed by atoms with van der Waals surface area (Å²) in [7, 11) is 0. The van der Waals surface area contributed by atoms with Crippen molar-refractivity contribution in [3.8, 4) is 0 Å². The maximum absolute atomic E-state index is 9.63. The van der Waals surface area contributed by atoms with Gasteiger partial charge in [-0.1, -0.05) is 19.1 Å². The summed E-state index contributed by atoms with van der Waals surface area (Å²) in [4.78, 5) is 5.04. The van der Waals surface area contributed by atoms with E-state index in [0.717, 1.165) is 11.3 Å². The molecule has 0 saturated carbocycles. The van der Waals surface area contributed by atoms with Crippen LogP contribution >= 0.6 is 0 Å². The molecule has 16 heavy (non-hydrogen) atoms. The lowest BCUT2D eigenvalue weighted by molar-refractivity contribution is -0.0885. The molecular weight excluding hydrogens is 206 g/mol. The Labute approximate surface area is 94.2 Å². The van der Waals surface area contributed by atoms with Gasteiger partial charge in [0.15, 0.2) is 0 Å². The molecule has 0 radical (unpaired) electrons. The van der Waals surface area contributed by atoms with Gasteiger partial charge in [-0.3, -0.25) is 10.9 Å². The van der Waals surface area contributed by atoms with Crippen LogP contribution in [0.25, 0.3) is 0 Å². The van der Waals surface area contributed by atoms with Gasteiger partial charge in [-0.05, 0) is 24.1 Å². The van der Waals surface area contributed by atoms with Crippen molar-refractivity contribution >= 4 is 5.69 Å². The summed E-state index contributed by atoms with van der Waals surface area (Å²) in [6.45, 7) is 1.95. The lowest BCUT2D eigenvalue weighted by atomic mass is 10.1. The fourth-order valence-corrected chi connectivity index (χ4v) is 1.41. The number of aliphatic hydroxyl groups excluding tert-OH is 1. The minimum atomic E-state index is -0.392. The lowest BCUT2D eigenvalue weighted by Crippen LogP contribution is -2.34. The molecule has 5 nitrogen and oxygen atoms in total. The van der Waals surface area contributed by atoms with E-state index in [2.05, 4.69) is 10.9 Å². The van der Waals surface area contributed by atoms with Gasteiger partial charge in [0, 0.05) is 5.28 Å². The molecule has 0 aliphatic carbocycles. The molecule has 0 fully saturated rings. The minimum absolute atomic E-state index is 0.392. The maximum atomic E-state index is 9.63. The number of benzene rings is 1. The molecular formula is C11H15N3O2. The van der Waals surface area contributed by atoms with Gasteiger partial charge >= 0.3 is 0 Å². The second kappa shape index (κ2) is 4.87. The second-order valence-corrected chi connectivity index (χ2v) is 3.49. The zero-order valence-electron chi connectivity index (χ0n) is 9.05. The maximum Gasteiger partial charge on any atom is 0.133 e. The molecule has 1 aromatic rings. The Kier molecular flexibility index (Phi) is 3.28. The highest BCUT2D eigenvalue weighted by atomic mass is 16.7. The first-order valence-electron chi connectivity index (χ1n) is 5.22. The zero-order chi connectivity index (χ0) is 11.4. The summed E-state index contributed by atoms with van der Waals surface area (Å²) in [5.74, 6) is 0. The Morgan fingerprint density at radius 3 is 2.75 bits per heavy atom. The smallest absolute Gasteiger partial charge is 0.133 e. The number of hydrazine groups is 2. The summed E-state index contributed by atoms with van der Waals surface area (Å²) < 4.78 is 0. The zero-order valence-corrected chi connectivity index (χ0v) is 9.05. The van der Waals surface area contributed by atoms with Gasteiger partial charge in [-0.25, -0.2) is 0 Å². The Morgan fingerprint density at radius 2 is 2.19 bits per heavy atom. The van der Waals surface area contributed by atoms with Gasteiger partial charge < -0.3 is 9.94 Å². The average molecular weight is 221 g/mol. The molecule has 1 heterocycles. The first-order chi connectivity index (χ1) is 7.79. The van der Waals surface area contributed by atoms with Crippen molar-refractivity contribution in [2.45, 2.75) is 19.4 Å². The van der Waals surface area contributed by atoms with Gasteiger partial charge in [-0.15, -0.1) is 0 Å². The standard InChI is InChI=1S/C11H15N3O2/c1-2-11(15)9-3-5-10(6-4-9)13-14-12-7-8-16-14/h3-8,11-13,15H,2H2,1H3. The third-order valence-electron chi connectivity index (χ3n) is 2.34. The van der Waals surface area contributed by atoms with Crippen LogP contribution < -0.4 is 10.9 Å². The van der Waals surface area contributed by atoms with Crippen LogP contribution in [-0.4, -0.2) is 10.4 Å². The highest BCUT2D eigenvalue weighted by Gasteiger charge is 2.07. The third-order valence-corrected chi connectivity index (χ3v) is 2.34. The van der Waals surface area contributed by atoms with Crippen LogP contribution in [0.15, 0.2) is 36.7 Å². The molecule has 0 spiro atoms. The monoisotopic (exact) mass is 221 g/mol. The van der Waals surface area contributed by atoms with Crippen molar-refractivity contribution in [1.29, 1.82) is 0 Å². The SMILES string of the molecule is CCC(O)c1ccc(NN2NC=CO2)cc1. The molecule has 1 aromatic carbocycles. The van der Waals surface area contributed by atoms with Crippen molar-refractivity contribution in [1.82, 2.24) is 10.7 Å². The first-order valence-corrected chi connectivity index (χ1v) is 5.22. The largest absolute Gasteiger partial charge is 0.388 e. The third kappa shape index (κ3) is 2.44. The summed E-state index contributed by atoms with van der Waals surface area (Å²) >= 11 is 0. The predicted molar refractivity (Wildman–Crippen MR) is 60.5 cm³/mol. The minimum Gasteiger partial charge on any atom is -0.388 e. The van der Waals surface area contributed by atoms with E-state index in [1.807, 2.05) is 31.2 Å². The Balaban J connectivity index is 1.96. The number of nitrogens with zero attached hydrogens (tertiary/aromatic N) is 1. The van der Waals surface area contributed by atoms with E-state index in [-0.39, 0.29) is 0 Å². The van der Waals surface area contributed by atoms with Crippen molar-refractivity contribution in [3.05, 3.63) is 42.3 Å². The van der Waals surface area contributed by atoms with Crippen LogP contribution in [0.3, 0.4) is 0 Å². The van der Waals surface area contributed by atoms with Crippen LogP contribution in [0, 0.1) is 0 Å². The summed E-state index contributed by atoms with van der Waals surface area (Å²) in [5, 5.41) is 11.0. The van der Waals surface area contributed by atoms with Crippen LogP contribution in [0.2, 0.25) is 0 Å². The Hall–Kier alpha value is -1.72. The van der Waals surface area contributed by atoms with E-state index >= 15 is 0 Å². The Morgan fingerprint density at radius 1 is 1.44 bits per heavy atom. The lowest BCUT2D eigenvalue weighted by Gasteiger charge is -2.16. The molecule has 2 rings (SSSR count). The van der Waals surface area contributed by atoms with Crippen LogP contribution in [0.1, 0.15) is 25.0 Å². The Bertz CT molecular complexity index is 356. The van der Waals surface area contributed by atoms with E-state index < -0.39 is 6.10 Å². The fraction of sp³-hybridized carbons (Fsp3) is 0.273. The summed E-state index contributed by atoms with van der Waals surface area (Å²) in [6.07, 6.45) is 3.52. The van der Waals surface area contributed by atoms with Gasteiger partial charge in [-0.2, -0.15) is 0 Å². The number of aliphatic hydroxyl groups is 1. The molecule has 0 amide bonds. The van der Waals surface area contributed by atoms with Gasteiger partial charge in [0.1, 0.15) is 6.26 Å². The van der Waals surface area contributed by atoms with E-state index in [1.54, 1.807) is 6.20 Å². The topological polar surface area (TPSA) is 56.8 Å². The van der Waals surface area contributed by atoms with Crippen molar-refractivity contribution in [3.63, 3.8) is 0 Å². The first kappa shape index (κ1) is 10.8. The molecule has 0 aromatic heterocycles. The molecule has 3 N–H and O–H groups in total. The van der Waals surface area contributed by atoms with Gasteiger partial charge in [0.25, 0.3) is 0 Å². The number of anilines is 1. The highest BCUT2D eigenvalue weighted by Crippen LogP contribution is 2.18. The normalized spacial score (nSPS) is 16.6. The number of nitrogens with one attached hydrogen (secondary N) is 2. The number of hydrogen-bond acceptors (Lipinski definition) is 5. The summed E-state index contributed by atoms with van der Waals surface area (Å²) in [6, 6.07) is 7.55. The molecule has 0 bridgehead atoms. The van der Waals surface area contributed by atoms with E-state index in [0.29, 0.717) is 6.42 Å². The molecule has 1 atom stereocenters. The molecule has 5 heteroatoms. The predicted octanol–water partition coefficient (Wildman–Crippen LogP) is 1.68. The second-order valence-electron chi connectivity index (χ2n) is 3.49. The quantitative estimate of drug-likeness (QED) is 0.722. The molecule has 86 valence electrons. The molecule has 0 saturated heterocycles. The molecule has 1 unspecified atom stereocenters. The fourth-order valence-electron chi connectivity index (χ4n) is 1.41. The highest BCUT2D eigenvalue weighted by molar-refractivity contribution is 5.43.